The fourth-order valence-corrected chi connectivity index (χ4v) is 2.87. The highest BCUT2D eigenvalue weighted by Gasteiger charge is 2.37. The predicted molar refractivity (Wildman–Crippen MR) is 60.0 cm³/mol. The lowest BCUT2D eigenvalue weighted by molar-refractivity contribution is -0.143. The van der Waals surface area contributed by atoms with Crippen LogP contribution in [0.1, 0.15) is 39.0 Å². The average molecular weight is 227 g/mol. The lowest BCUT2D eigenvalue weighted by Crippen LogP contribution is -2.49. The number of aliphatic hydroxyl groups is 1. The third-order valence-corrected chi connectivity index (χ3v) is 3.59. The van der Waals surface area contributed by atoms with Crippen molar-refractivity contribution in [3.05, 3.63) is 0 Å². The third kappa shape index (κ3) is 2.55. The number of ether oxygens (including phenoxy) is 1. The van der Waals surface area contributed by atoms with Gasteiger partial charge in [-0.05, 0) is 32.7 Å². The minimum absolute atomic E-state index is 0.0518. The molecule has 0 radical (unpaired) electrons. The van der Waals surface area contributed by atoms with E-state index in [4.69, 9.17) is 4.74 Å². The van der Waals surface area contributed by atoms with Crippen LogP contribution in [-0.2, 0) is 9.53 Å². The van der Waals surface area contributed by atoms with E-state index in [1.54, 1.807) is 0 Å². The maximum absolute atomic E-state index is 11.6. The van der Waals surface area contributed by atoms with Crippen molar-refractivity contribution in [1.82, 2.24) is 4.90 Å². The van der Waals surface area contributed by atoms with Crippen LogP contribution in [0.3, 0.4) is 0 Å². The first kappa shape index (κ1) is 11.9. The molecule has 92 valence electrons. The summed E-state index contributed by atoms with van der Waals surface area (Å²) in [6.07, 6.45) is 4.74. The smallest absolute Gasteiger partial charge is 0.323 e. The third-order valence-electron chi connectivity index (χ3n) is 3.59. The van der Waals surface area contributed by atoms with Gasteiger partial charge in [0.15, 0.2) is 0 Å². The van der Waals surface area contributed by atoms with Gasteiger partial charge in [-0.3, -0.25) is 9.69 Å². The fourth-order valence-electron chi connectivity index (χ4n) is 2.87. The molecule has 4 nitrogen and oxygen atoms in total. The number of carbonyl (C=O) groups is 1. The van der Waals surface area contributed by atoms with E-state index in [-0.39, 0.29) is 18.1 Å². The summed E-state index contributed by atoms with van der Waals surface area (Å²) in [5, 5.41) is 9.49. The molecule has 0 spiro atoms. The van der Waals surface area contributed by atoms with Gasteiger partial charge in [-0.25, -0.2) is 0 Å². The Morgan fingerprint density at radius 3 is 2.94 bits per heavy atom. The van der Waals surface area contributed by atoms with E-state index >= 15 is 0 Å². The topological polar surface area (TPSA) is 49.8 Å². The SMILES string of the molecule is CC(O)CC1CCCCN1C1CCOC1=O. The molecule has 0 aromatic carbocycles. The highest BCUT2D eigenvalue weighted by atomic mass is 16.5. The van der Waals surface area contributed by atoms with Crippen molar-refractivity contribution >= 4 is 5.97 Å². The van der Waals surface area contributed by atoms with Gasteiger partial charge in [0.1, 0.15) is 6.04 Å². The van der Waals surface area contributed by atoms with Gasteiger partial charge in [0.05, 0.1) is 12.7 Å². The van der Waals surface area contributed by atoms with Crippen molar-refractivity contribution in [1.29, 1.82) is 0 Å². The number of likely N-dealkylation sites (tertiary alicyclic amines) is 1. The molecule has 0 saturated carbocycles. The average Bonchev–Trinajstić information content (AvgIpc) is 2.64. The summed E-state index contributed by atoms with van der Waals surface area (Å²) in [5.41, 5.74) is 0. The molecular formula is C12H21NO3. The Morgan fingerprint density at radius 2 is 2.31 bits per heavy atom. The minimum Gasteiger partial charge on any atom is -0.464 e. The molecule has 0 aromatic heterocycles. The lowest BCUT2D eigenvalue weighted by atomic mass is 9.95. The Labute approximate surface area is 96.6 Å². The van der Waals surface area contributed by atoms with Crippen LogP contribution in [-0.4, -0.2) is 47.3 Å². The van der Waals surface area contributed by atoms with Gasteiger partial charge in [0.2, 0.25) is 0 Å². The molecule has 2 aliphatic heterocycles. The van der Waals surface area contributed by atoms with Crippen LogP contribution in [0.4, 0.5) is 0 Å². The van der Waals surface area contributed by atoms with Crippen LogP contribution >= 0.6 is 0 Å². The van der Waals surface area contributed by atoms with Gasteiger partial charge >= 0.3 is 5.97 Å². The van der Waals surface area contributed by atoms with E-state index in [1.165, 1.54) is 6.42 Å². The van der Waals surface area contributed by atoms with Gasteiger partial charge in [-0.1, -0.05) is 6.42 Å². The van der Waals surface area contributed by atoms with Gasteiger partial charge in [0.25, 0.3) is 0 Å². The second kappa shape index (κ2) is 5.15. The Hall–Kier alpha value is -0.610. The molecule has 0 aliphatic carbocycles. The van der Waals surface area contributed by atoms with Crippen LogP contribution in [0.5, 0.6) is 0 Å². The van der Waals surface area contributed by atoms with Crippen molar-refractivity contribution < 1.29 is 14.6 Å². The van der Waals surface area contributed by atoms with E-state index in [1.807, 2.05) is 6.92 Å². The maximum atomic E-state index is 11.6. The molecule has 2 rings (SSSR count). The molecule has 3 atom stereocenters. The molecule has 1 N–H and O–H groups in total. The summed E-state index contributed by atoms with van der Waals surface area (Å²) in [4.78, 5) is 13.8. The zero-order valence-electron chi connectivity index (χ0n) is 9.89. The van der Waals surface area contributed by atoms with Crippen LogP contribution < -0.4 is 0 Å². The second-order valence-corrected chi connectivity index (χ2v) is 4.94. The van der Waals surface area contributed by atoms with Crippen molar-refractivity contribution in [3.8, 4) is 0 Å². The van der Waals surface area contributed by atoms with E-state index in [9.17, 15) is 9.90 Å². The Balaban J connectivity index is 2.00. The summed E-state index contributed by atoms with van der Waals surface area (Å²) < 4.78 is 5.03. The number of cyclic esters (lactones) is 1. The zero-order chi connectivity index (χ0) is 11.5. The molecule has 2 saturated heterocycles. The molecular weight excluding hydrogens is 206 g/mol. The molecule has 3 unspecified atom stereocenters. The molecule has 0 bridgehead atoms. The molecule has 0 aromatic rings. The first-order valence-corrected chi connectivity index (χ1v) is 6.29. The van der Waals surface area contributed by atoms with E-state index in [2.05, 4.69) is 4.90 Å². The number of piperidine rings is 1. The minimum atomic E-state index is -0.289. The van der Waals surface area contributed by atoms with E-state index in [0.717, 1.165) is 32.2 Å². The highest BCUT2D eigenvalue weighted by molar-refractivity contribution is 5.77. The second-order valence-electron chi connectivity index (χ2n) is 4.94. The van der Waals surface area contributed by atoms with Crippen LogP contribution in [0.2, 0.25) is 0 Å². The van der Waals surface area contributed by atoms with Crippen LogP contribution in [0.25, 0.3) is 0 Å². The number of rotatable bonds is 3. The predicted octanol–water partition coefficient (Wildman–Crippen LogP) is 0.927. The van der Waals surface area contributed by atoms with Crippen LogP contribution in [0.15, 0.2) is 0 Å². The van der Waals surface area contributed by atoms with Crippen molar-refractivity contribution in [2.45, 2.75) is 57.2 Å². The first-order chi connectivity index (χ1) is 7.68. The highest BCUT2D eigenvalue weighted by Crippen LogP contribution is 2.26. The van der Waals surface area contributed by atoms with Crippen molar-refractivity contribution in [2.24, 2.45) is 0 Å². The molecule has 2 aliphatic rings. The summed E-state index contributed by atoms with van der Waals surface area (Å²) in [7, 11) is 0. The van der Waals surface area contributed by atoms with E-state index in [0.29, 0.717) is 12.6 Å². The summed E-state index contributed by atoms with van der Waals surface area (Å²) in [6, 6.07) is 0.299. The number of esters is 1. The monoisotopic (exact) mass is 227 g/mol. The quantitative estimate of drug-likeness (QED) is 0.729. The van der Waals surface area contributed by atoms with Crippen molar-refractivity contribution in [2.75, 3.05) is 13.2 Å². The summed E-state index contributed by atoms with van der Waals surface area (Å²) in [5.74, 6) is -0.0718. The molecule has 4 heteroatoms. The normalized spacial score (nSPS) is 33.8. The summed E-state index contributed by atoms with van der Waals surface area (Å²) in [6.45, 7) is 3.35. The number of hydrogen-bond donors (Lipinski definition) is 1. The van der Waals surface area contributed by atoms with Gasteiger partial charge in [-0.2, -0.15) is 0 Å². The van der Waals surface area contributed by atoms with Crippen molar-refractivity contribution in [3.63, 3.8) is 0 Å². The van der Waals surface area contributed by atoms with Crippen LogP contribution in [0, 0.1) is 0 Å². The first-order valence-electron chi connectivity index (χ1n) is 6.29. The fraction of sp³-hybridized carbons (Fsp3) is 0.917. The Morgan fingerprint density at radius 1 is 1.50 bits per heavy atom. The van der Waals surface area contributed by atoms with Gasteiger partial charge in [-0.15, -0.1) is 0 Å². The number of carbonyl (C=O) groups excluding carboxylic acids is 1. The number of nitrogens with zero attached hydrogens (tertiary/aromatic N) is 1. The standard InChI is InChI=1S/C12H21NO3/c1-9(14)8-10-4-2-3-6-13(10)11-5-7-16-12(11)15/h9-11,14H,2-8H2,1H3. The summed E-state index contributed by atoms with van der Waals surface area (Å²) >= 11 is 0. The molecule has 16 heavy (non-hydrogen) atoms. The number of hydrogen-bond acceptors (Lipinski definition) is 4. The zero-order valence-corrected chi connectivity index (χ0v) is 9.89. The number of aliphatic hydroxyl groups excluding tert-OH is 1. The Kier molecular flexibility index (Phi) is 3.82. The maximum Gasteiger partial charge on any atom is 0.323 e. The van der Waals surface area contributed by atoms with Gasteiger partial charge < -0.3 is 9.84 Å². The van der Waals surface area contributed by atoms with Gasteiger partial charge in [0, 0.05) is 12.5 Å². The molecule has 2 heterocycles. The molecule has 2 fully saturated rings. The molecule has 0 amide bonds. The van der Waals surface area contributed by atoms with E-state index < -0.39 is 0 Å². The lowest BCUT2D eigenvalue weighted by Gasteiger charge is -2.38. The largest absolute Gasteiger partial charge is 0.464 e. The Bertz CT molecular complexity index is 255.